The summed E-state index contributed by atoms with van der Waals surface area (Å²) in [7, 11) is 0. The van der Waals surface area contributed by atoms with Crippen LogP contribution in [0, 0.1) is 24.3 Å². The predicted molar refractivity (Wildman–Crippen MR) is 191 cm³/mol. The molecule has 0 aliphatic rings. The molecule has 8 nitrogen and oxygen atoms in total. The quantitative estimate of drug-likeness (QED) is 0.141. The van der Waals surface area contributed by atoms with Crippen molar-refractivity contribution < 1.29 is 51.6 Å². The third-order valence-corrected chi connectivity index (χ3v) is 8.12. The van der Waals surface area contributed by atoms with Crippen LogP contribution in [-0.4, -0.2) is 29.1 Å². The van der Waals surface area contributed by atoms with Crippen LogP contribution >= 0.6 is 0 Å². The van der Waals surface area contributed by atoms with Crippen LogP contribution in [0.4, 0.5) is 0 Å². The fourth-order valence-corrected chi connectivity index (χ4v) is 5.81. The molecule has 4 aromatic carbocycles. The number of aromatic nitrogens is 6. The third-order valence-electron chi connectivity index (χ3n) is 8.12. The summed E-state index contributed by atoms with van der Waals surface area (Å²) in [5, 5.41) is 1.87. The number of benzene rings is 4. The molecule has 9 aromatic rings. The van der Waals surface area contributed by atoms with Crippen molar-refractivity contribution in [2.24, 2.45) is 0 Å². The zero-order chi connectivity index (χ0) is 33.3. The monoisotopic (exact) mass is 1030 g/mol. The van der Waals surface area contributed by atoms with Crippen LogP contribution in [0.3, 0.4) is 0 Å². The number of nitrogens with zero attached hydrogens (tertiary/aromatic N) is 6. The first-order valence-electron chi connectivity index (χ1n) is 15.9. The van der Waals surface area contributed by atoms with E-state index < -0.39 is 0 Å². The number of hydrogen-bond acceptors (Lipinski definition) is 6. The van der Waals surface area contributed by atoms with Gasteiger partial charge in [-0.1, -0.05) is 47.4 Å². The summed E-state index contributed by atoms with van der Waals surface area (Å²) in [6.07, 6.45) is 11.0. The van der Waals surface area contributed by atoms with Gasteiger partial charge < -0.3 is 28.6 Å². The molecule has 5 aromatic heterocycles. The van der Waals surface area contributed by atoms with Gasteiger partial charge in [-0.2, -0.15) is 22.9 Å². The molecule has 0 spiro atoms. The van der Waals surface area contributed by atoms with Crippen molar-refractivity contribution in [3.8, 4) is 57.1 Å². The van der Waals surface area contributed by atoms with Crippen LogP contribution in [0.1, 0.15) is 0 Å². The Morgan fingerprint density at radius 3 is 1.44 bits per heavy atom. The normalized spacial score (nSPS) is 10.8. The van der Waals surface area contributed by atoms with Gasteiger partial charge in [0.25, 0.3) is 0 Å². The first-order chi connectivity index (χ1) is 24.7. The molecule has 9 rings (SSSR count). The molecule has 0 fully saturated rings. The van der Waals surface area contributed by atoms with E-state index in [-0.39, 0.29) is 42.1 Å². The Bertz CT molecular complexity index is 2450. The van der Waals surface area contributed by atoms with Crippen molar-refractivity contribution in [3.63, 3.8) is 0 Å². The zero-order valence-corrected chi connectivity index (χ0v) is 31.5. The van der Waals surface area contributed by atoms with Crippen molar-refractivity contribution in [2.75, 3.05) is 0 Å². The van der Waals surface area contributed by atoms with Crippen molar-refractivity contribution in [1.29, 1.82) is 0 Å². The third kappa shape index (κ3) is 6.96. The van der Waals surface area contributed by atoms with Crippen molar-refractivity contribution in [2.45, 2.75) is 0 Å². The molecule has 0 N–H and O–H groups in total. The van der Waals surface area contributed by atoms with Gasteiger partial charge in [0.1, 0.15) is 0 Å². The standard InChI is InChI=1S/C42H24N6O2.2Pt/c1-3-19-43-38(13-1)29-9-7-11-32(23-29)49-34-15-17-36-37-18-16-35(50-33-12-8-10-30(24-33)39-14-2-4-20-44-39)26-41(37)48(40(36)25-34)42-45-27-31(28-46-42)47-21-5-6-22-47;;/h1-22,27-28H;;/q-4;2*+2. The molecule has 0 atom stereocenters. The molecule has 0 bridgehead atoms. The number of hydrogen-bond donors (Lipinski definition) is 0. The first kappa shape index (κ1) is 34.8. The van der Waals surface area contributed by atoms with Crippen LogP contribution in [0.2, 0.25) is 0 Å². The Labute approximate surface area is 328 Å². The molecular formula is C42H24N6O2Pt2. The van der Waals surface area contributed by atoms with E-state index in [1.807, 2.05) is 131 Å². The van der Waals surface area contributed by atoms with E-state index in [4.69, 9.17) is 19.4 Å². The SMILES string of the molecule is [Pt+2].[Pt+2].[c-]1c(Oc2[c-]c3c(cc2)c2ccc(Oc4[c-]c(-c5ccccn5)ccc4)[c-]c2n3-c2ncc(-n3cccc3)cn2)cccc1-c1ccccn1. The number of ether oxygens (including phenoxy) is 2. The molecule has 5 heterocycles. The smallest absolute Gasteiger partial charge is 0.503 e. The molecule has 52 heavy (non-hydrogen) atoms. The average Bonchev–Trinajstić information content (AvgIpc) is 3.83. The maximum absolute atomic E-state index is 6.31. The molecule has 0 saturated heterocycles. The van der Waals surface area contributed by atoms with Gasteiger partial charge >= 0.3 is 42.1 Å². The van der Waals surface area contributed by atoms with Crippen molar-refractivity contribution in [3.05, 3.63) is 171 Å². The molecule has 254 valence electrons. The molecule has 0 unspecified atom stereocenters. The van der Waals surface area contributed by atoms with E-state index in [1.54, 1.807) is 24.8 Å². The number of rotatable bonds is 8. The van der Waals surface area contributed by atoms with Gasteiger partial charge in [0.2, 0.25) is 5.95 Å². The van der Waals surface area contributed by atoms with Gasteiger partial charge in [-0.15, -0.1) is 71.8 Å². The van der Waals surface area contributed by atoms with E-state index in [1.165, 1.54) is 0 Å². The van der Waals surface area contributed by atoms with Crippen LogP contribution in [0.15, 0.2) is 146 Å². The minimum atomic E-state index is 0. The zero-order valence-electron chi connectivity index (χ0n) is 27.0. The fourth-order valence-electron chi connectivity index (χ4n) is 5.81. The Morgan fingerprint density at radius 1 is 0.462 bits per heavy atom. The molecule has 0 amide bonds. The minimum absolute atomic E-state index is 0. The minimum Gasteiger partial charge on any atom is -0.503 e. The van der Waals surface area contributed by atoms with Gasteiger partial charge in [0.05, 0.1) is 18.1 Å². The summed E-state index contributed by atoms with van der Waals surface area (Å²) in [6, 6.07) is 48.4. The molecule has 10 heteroatoms. The summed E-state index contributed by atoms with van der Waals surface area (Å²) >= 11 is 0. The Kier molecular flexibility index (Phi) is 10.2. The van der Waals surface area contributed by atoms with Crippen LogP contribution < -0.4 is 9.47 Å². The second kappa shape index (κ2) is 15.3. The molecule has 0 radical (unpaired) electrons. The van der Waals surface area contributed by atoms with Crippen molar-refractivity contribution >= 4 is 21.8 Å². The van der Waals surface area contributed by atoms with Gasteiger partial charge in [0.15, 0.2) is 0 Å². The topological polar surface area (TPSA) is 79.9 Å². The van der Waals surface area contributed by atoms with Gasteiger partial charge in [0, 0.05) is 47.8 Å². The van der Waals surface area contributed by atoms with E-state index in [0.29, 0.717) is 28.9 Å². The molecular weight excluding hydrogens is 1010 g/mol. The van der Waals surface area contributed by atoms with E-state index in [9.17, 15) is 0 Å². The fraction of sp³-hybridized carbons (Fsp3) is 0. The summed E-state index contributed by atoms with van der Waals surface area (Å²) in [4.78, 5) is 18.5. The summed E-state index contributed by atoms with van der Waals surface area (Å²) in [5.41, 5.74) is 5.58. The van der Waals surface area contributed by atoms with Gasteiger partial charge in [-0.3, -0.25) is 0 Å². The molecule has 0 saturated carbocycles. The van der Waals surface area contributed by atoms with E-state index >= 15 is 0 Å². The number of fused-ring (bicyclic) bond motifs is 3. The Hall–Kier alpha value is -5.68. The Balaban J connectivity index is 0.00000210. The predicted octanol–water partition coefficient (Wildman–Crippen LogP) is 9.27. The average molecular weight is 1030 g/mol. The maximum atomic E-state index is 6.31. The van der Waals surface area contributed by atoms with E-state index in [0.717, 1.165) is 50.0 Å². The molecule has 0 aliphatic carbocycles. The number of pyridine rings is 2. The first-order valence-corrected chi connectivity index (χ1v) is 15.9. The maximum Gasteiger partial charge on any atom is 2.00 e. The second-order valence-electron chi connectivity index (χ2n) is 11.3. The van der Waals surface area contributed by atoms with Crippen LogP contribution in [-0.2, 0) is 42.1 Å². The summed E-state index contributed by atoms with van der Waals surface area (Å²) in [5.74, 6) is 2.57. The van der Waals surface area contributed by atoms with Crippen molar-refractivity contribution in [1.82, 2.24) is 29.1 Å². The van der Waals surface area contributed by atoms with Gasteiger partial charge in [-0.25, -0.2) is 9.97 Å². The second-order valence-corrected chi connectivity index (χ2v) is 11.3. The van der Waals surface area contributed by atoms with Gasteiger partial charge in [-0.05, 0) is 35.7 Å². The largest absolute Gasteiger partial charge is 2.00 e. The summed E-state index contributed by atoms with van der Waals surface area (Å²) in [6.45, 7) is 0. The van der Waals surface area contributed by atoms with Crippen LogP contribution in [0.5, 0.6) is 23.0 Å². The van der Waals surface area contributed by atoms with E-state index in [2.05, 4.69) is 34.2 Å². The molecule has 0 aliphatic heterocycles. The Morgan fingerprint density at radius 2 is 0.962 bits per heavy atom. The van der Waals surface area contributed by atoms with Crippen LogP contribution in [0.25, 0.3) is 56.0 Å². The summed E-state index contributed by atoms with van der Waals surface area (Å²) < 4.78 is 16.5.